The summed E-state index contributed by atoms with van der Waals surface area (Å²) in [5.74, 6) is -0.455. The molecule has 20 heavy (non-hydrogen) atoms. The van der Waals surface area contributed by atoms with Crippen molar-refractivity contribution in [1.82, 2.24) is 10.3 Å². The van der Waals surface area contributed by atoms with Gasteiger partial charge in [0.15, 0.2) is 5.13 Å². The lowest BCUT2D eigenvalue weighted by Gasteiger charge is -2.01. The second-order valence-electron chi connectivity index (χ2n) is 4.11. The van der Waals surface area contributed by atoms with Gasteiger partial charge in [0.25, 0.3) is 11.8 Å². The van der Waals surface area contributed by atoms with Gasteiger partial charge in [-0.15, -0.1) is 11.3 Å². The van der Waals surface area contributed by atoms with Gasteiger partial charge in [0.1, 0.15) is 5.69 Å². The molecule has 1 heterocycles. The highest BCUT2D eigenvalue weighted by atomic mass is 32.1. The smallest absolute Gasteiger partial charge is 0.270 e. The quantitative estimate of drug-likeness (QED) is 0.888. The van der Waals surface area contributed by atoms with E-state index in [4.69, 9.17) is 0 Å². The van der Waals surface area contributed by atoms with Crippen LogP contribution in [0.4, 0.5) is 5.13 Å². The Morgan fingerprint density at radius 1 is 1.20 bits per heavy atom. The fourth-order valence-corrected chi connectivity index (χ4v) is 2.21. The molecule has 0 aliphatic heterocycles. The van der Waals surface area contributed by atoms with Crippen LogP contribution < -0.4 is 10.6 Å². The molecule has 0 aliphatic rings. The molecule has 0 bridgehead atoms. The molecule has 2 amide bonds. The molecule has 0 fully saturated rings. The predicted octanol–water partition coefficient (Wildman–Crippen LogP) is 2.54. The maximum atomic E-state index is 11.9. The highest BCUT2D eigenvalue weighted by Crippen LogP contribution is 2.16. The highest BCUT2D eigenvalue weighted by Gasteiger charge is 2.12. The van der Waals surface area contributed by atoms with E-state index in [0.29, 0.717) is 22.9 Å². The Bertz CT molecular complexity index is 595. The molecule has 0 saturated heterocycles. The van der Waals surface area contributed by atoms with Crippen molar-refractivity contribution in [1.29, 1.82) is 0 Å². The molecule has 6 heteroatoms. The van der Waals surface area contributed by atoms with Crippen LogP contribution in [-0.2, 0) is 0 Å². The molecule has 0 unspecified atom stereocenters. The number of nitrogens with zero attached hydrogens (tertiary/aromatic N) is 1. The van der Waals surface area contributed by atoms with Gasteiger partial charge in [0.05, 0.1) is 0 Å². The molecule has 2 N–H and O–H groups in total. The lowest BCUT2D eigenvalue weighted by molar-refractivity contribution is 0.0948. The van der Waals surface area contributed by atoms with E-state index in [1.807, 2.05) is 13.0 Å². The molecule has 0 atom stereocenters. The normalized spacial score (nSPS) is 10.1. The lowest BCUT2D eigenvalue weighted by Crippen LogP contribution is -2.24. The summed E-state index contributed by atoms with van der Waals surface area (Å²) in [6.07, 6.45) is 0.869. The molecule has 2 aromatic rings. The van der Waals surface area contributed by atoms with Crippen LogP contribution in [0.3, 0.4) is 0 Å². The maximum Gasteiger partial charge on any atom is 0.270 e. The van der Waals surface area contributed by atoms with E-state index in [9.17, 15) is 9.59 Å². The molecule has 1 aromatic heterocycles. The van der Waals surface area contributed by atoms with Crippen molar-refractivity contribution in [2.24, 2.45) is 0 Å². The Labute approximate surface area is 121 Å². The monoisotopic (exact) mass is 289 g/mol. The third-order valence-electron chi connectivity index (χ3n) is 2.53. The number of aromatic nitrogens is 1. The molecule has 0 aliphatic carbocycles. The van der Waals surface area contributed by atoms with Crippen molar-refractivity contribution >= 4 is 28.3 Å². The van der Waals surface area contributed by atoms with E-state index in [0.717, 1.165) is 6.42 Å². The number of hydrogen-bond acceptors (Lipinski definition) is 4. The average molecular weight is 289 g/mol. The van der Waals surface area contributed by atoms with E-state index in [1.165, 1.54) is 11.3 Å². The summed E-state index contributed by atoms with van der Waals surface area (Å²) in [6.45, 7) is 2.59. The standard InChI is InChI=1S/C14H15N3O2S/c1-2-8-15-13(19)11-9-20-14(16-11)17-12(18)10-6-4-3-5-7-10/h3-7,9H,2,8H2,1H3,(H,15,19)(H,16,17,18). The molecule has 5 nitrogen and oxygen atoms in total. The molecular formula is C14H15N3O2S. The van der Waals surface area contributed by atoms with Crippen LogP contribution in [0.25, 0.3) is 0 Å². The molecule has 0 spiro atoms. The largest absolute Gasteiger partial charge is 0.351 e. The first kappa shape index (κ1) is 14.2. The van der Waals surface area contributed by atoms with E-state index in [-0.39, 0.29) is 11.8 Å². The van der Waals surface area contributed by atoms with Crippen molar-refractivity contribution in [3.8, 4) is 0 Å². The second-order valence-corrected chi connectivity index (χ2v) is 4.97. The molecular weight excluding hydrogens is 274 g/mol. The number of carbonyl (C=O) groups is 2. The Hall–Kier alpha value is -2.21. The number of nitrogens with one attached hydrogen (secondary N) is 2. The number of carbonyl (C=O) groups excluding carboxylic acids is 2. The fourth-order valence-electron chi connectivity index (χ4n) is 1.52. The van der Waals surface area contributed by atoms with Crippen LogP contribution in [0.2, 0.25) is 0 Å². The van der Waals surface area contributed by atoms with Gasteiger partial charge in [-0.2, -0.15) is 0 Å². The van der Waals surface area contributed by atoms with Crippen LogP contribution in [0.1, 0.15) is 34.2 Å². The molecule has 0 saturated carbocycles. The number of amides is 2. The second kappa shape index (κ2) is 6.81. The average Bonchev–Trinajstić information content (AvgIpc) is 2.94. The Kier molecular flexibility index (Phi) is 4.84. The first-order chi connectivity index (χ1) is 9.70. The third-order valence-corrected chi connectivity index (χ3v) is 3.29. The van der Waals surface area contributed by atoms with E-state index >= 15 is 0 Å². The lowest BCUT2D eigenvalue weighted by atomic mass is 10.2. The third kappa shape index (κ3) is 3.64. The highest BCUT2D eigenvalue weighted by molar-refractivity contribution is 7.14. The van der Waals surface area contributed by atoms with Gasteiger partial charge in [0, 0.05) is 17.5 Å². The van der Waals surface area contributed by atoms with Crippen LogP contribution in [-0.4, -0.2) is 23.3 Å². The fraction of sp³-hybridized carbons (Fsp3) is 0.214. The minimum Gasteiger partial charge on any atom is -0.351 e. The van der Waals surface area contributed by atoms with Gasteiger partial charge in [-0.05, 0) is 18.6 Å². The first-order valence-electron chi connectivity index (χ1n) is 6.31. The SMILES string of the molecule is CCCNC(=O)c1csc(NC(=O)c2ccccc2)n1. The summed E-state index contributed by atoms with van der Waals surface area (Å²) in [6, 6.07) is 8.87. The number of anilines is 1. The zero-order valence-electron chi connectivity index (χ0n) is 11.1. The van der Waals surface area contributed by atoms with Crippen molar-refractivity contribution in [2.75, 3.05) is 11.9 Å². The molecule has 104 valence electrons. The van der Waals surface area contributed by atoms with Crippen LogP contribution >= 0.6 is 11.3 Å². The molecule has 0 radical (unpaired) electrons. The van der Waals surface area contributed by atoms with Crippen LogP contribution in [0.15, 0.2) is 35.7 Å². The van der Waals surface area contributed by atoms with Gasteiger partial charge < -0.3 is 5.32 Å². The summed E-state index contributed by atoms with van der Waals surface area (Å²) < 4.78 is 0. The minimum atomic E-state index is -0.236. The van der Waals surface area contributed by atoms with Gasteiger partial charge in [-0.25, -0.2) is 4.98 Å². The number of rotatable bonds is 5. The summed E-state index contributed by atoms with van der Waals surface area (Å²) in [4.78, 5) is 27.7. The zero-order valence-corrected chi connectivity index (χ0v) is 11.9. The Morgan fingerprint density at radius 3 is 2.65 bits per heavy atom. The summed E-state index contributed by atoms with van der Waals surface area (Å²) in [5.41, 5.74) is 0.881. The zero-order chi connectivity index (χ0) is 14.4. The van der Waals surface area contributed by atoms with Gasteiger partial charge in [-0.1, -0.05) is 25.1 Å². The summed E-state index contributed by atoms with van der Waals surface area (Å²) >= 11 is 1.23. The summed E-state index contributed by atoms with van der Waals surface area (Å²) in [5, 5.41) is 7.47. The first-order valence-corrected chi connectivity index (χ1v) is 7.18. The van der Waals surface area contributed by atoms with Gasteiger partial charge >= 0.3 is 0 Å². The van der Waals surface area contributed by atoms with Crippen molar-refractivity contribution in [2.45, 2.75) is 13.3 Å². The van der Waals surface area contributed by atoms with E-state index in [2.05, 4.69) is 15.6 Å². The molecule has 2 rings (SSSR count). The van der Waals surface area contributed by atoms with E-state index < -0.39 is 0 Å². The predicted molar refractivity (Wildman–Crippen MR) is 79.1 cm³/mol. The minimum absolute atomic E-state index is 0.219. The summed E-state index contributed by atoms with van der Waals surface area (Å²) in [7, 11) is 0. The topological polar surface area (TPSA) is 71.1 Å². The Morgan fingerprint density at radius 2 is 1.95 bits per heavy atom. The maximum absolute atomic E-state index is 11.9. The number of hydrogen-bond donors (Lipinski definition) is 2. The van der Waals surface area contributed by atoms with Crippen LogP contribution in [0, 0.1) is 0 Å². The number of benzene rings is 1. The molecule has 1 aromatic carbocycles. The van der Waals surface area contributed by atoms with E-state index in [1.54, 1.807) is 29.6 Å². The van der Waals surface area contributed by atoms with Gasteiger partial charge in [0.2, 0.25) is 0 Å². The Balaban J connectivity index is 1.99. The number of thiazole rings is 1. The van der Waals surface area contributed by atoms with Crippen LogP contribution in [0.5, 0.6) is 0 Å². The van der Waals surface area contributed by atoms with Crippen molar-refractivity contribution < 1.29 is 9.59 Å². The van der Waals surface area contributed by atoms with Crippen molar-refractivity contribution in [3.05, 3.63) is 47.0 Å². The van der Waals surface area contributed by atoms with Crippen molar-refractivity contribution in [3.63, 3.8) is 0 Å². The van der Waals surface area contributed by atoms with Gasteiger partial charge in [-0.3, -0.25) is 14.9 Å².